The van der Waals surface area contributed by atoms with E-state index in [-0.39, 0.29) is 0 Å². The van der Waals surface area contributed by atoms with E-state index in [1.807, 2.05) is 18.2 Å². The average molecular weight is 690 g/mol. The van der Waals surface area contributed by atoms with Gasteiger partial charge >= 0.3 is 0 Å². The molecule has 0 saturated heterocycles. The van der Waals surface area contributed by atoms with E-state index in [0.717, 1.165) is 55.8 Å². The summed E-state index contributed by atoms with van der Waals surface area (Å²) in [5, 5.41) is 5.83. The molecule has 0 spiro atoms. The smallest absolute Gasteiger partial charge is 0.179 e. The third-order valence-corrected chi connectivity index (χ3v) is 10.5. The minimum Gasteiger partial charge on any atom is -0.309 e. The van der Waals surface area contributed by atoms with Crippen LogP contribution in [0.2, 0.25) is 0 Å². The molecule has 0 N–H and O–H groups in total. The Labute approximate surface area is 311 Å². The number of rotatable bonds is 5. The predicted molar refractivity (Wildman–Crippen MR) is 222 cm³/mol. The minimum atomic E-state index is 0.584. The van der Waals surface area contributed by atoms with Crippen molar-refractivity contribution in [1.82, 2.24) is 24.1 Å². The van der Waals surface area contributed by atoms with Crippen LogP contribution in [0.4, 0.5) is 0 Å². The van der Waals surface area contributed by atoms with Gasteiger partial charge in [-0.25, -0.2) is 15.0 Å². The van der Waals surface area contributed by atoms with Crippen molar-refractivity contribution >= 4 is 54.5 Å². The van der Waals surface area contributed by atoms with Gasteiger partial charge < -0.3 is 4.57 Å². The summed E-state index contributed by atoms with van der Waals surface area (Å²) in [5.74, 6) is 1.39. The van der Waals surface area contributed by atoms with Crippen LogP contribution in [-0.2, 0) is 0 Å². The number of hydrogen-bond donors (Lipinski definition) is 0. The molecule has 0 unspecified atom stereocenters. The molecule has 5 nitrogen and oxygen atoms in total. The van der Waals surface area contributed by atoms with Crippen LogP contribution in [0.25, 0.3) is 99.9 Å². The van der Waals surface area contributed by atoms with E-state index < -0.39 is 0 Å². The van der Waals surface area contributed by atoms with Gasteiger partial charge in [0.2, 0.25) is 0 Å². The highest BCUT2D eigenvalue weighted by Crippen LogP contribution is 2.42. The summed E-state index contributed by atoms with van der Waals surface area (Å²) in [6.07, 6.45) is 0. The molecule has 0 aliphatic heterocycles. The van der Waals surface area contributed by atoms with E-state index in [9.17, 15) is 0 Å². The zero-order valence-corrected chi connectivity index (χ0v) is 29.1. The number of benzene rings is 7. The molecule has 0 atom stereocenters. The molecule has 54 heavy (non-hydrogen) atoms. The molecule has 0 aliphatic carbocycles. The van der Waals surface area contributed by atoms with Crippen LogP contribution in [0.1, 0.15) is 0 Å². The molecular formula is C49H31N5. The van der Waals surface area contributed by atoms with Gasteiger partial charge in [-0.15, -0.1) is 0 Å². The molecule has 4 aromatic heterocycles. The molecule has 11 rings (SSSR count). The zero-order chi connectivity index (χ0) is 35.6. The van der Waals surface area contributed by atoms with E-state index in [2.05, 4.69) is 179 Å². The topological polar surface area (TPSA) is 48.5 Å². The molecular weight excluding hydrogens is 659 g/mol. The lowest BCUT2D eigenvalue weighted by atomic mass is 10.0. The second-order valence-corrected chi connectivity index (χ2v) is 13.6. The number of nitrogens with zero attached hydrogens (tertiary/aromatic N) is 5. The van der Waals surface area contributed by atoms with Crippen molar-refractivity contribution in [3.8, 4) is 45.4 Å². The van der Waals surface area contributed by atoms with Gasteiger partial charge in [0, 0.05) is 38.2 Å². The van der Waals surface area contributed by atoms with Crippen LogP contribution in [0.3, 0.4) is 0 Å². The highest BCUT2D eigenvalue weighted by atomic mass is 15.1. The van der Waals surface area contributed by atoms with Crippen LogP contribution in [0.5, 0.6) is 0 Å². The Morgan fingerprint density at radius 3 is 1.57 bits per heavy atom. The molecule has 0 fully saturated rings. The van der Waals surface area contributed by atoms with E-state index in [0.29, 0.717) is 11.5 Å². The van der Waals surface area contributed by atoms with Gasteiger partial charge in [-0.05, 0) is 65.7 Å². The van der Waals surface area contributed by atoms with Gasteiger partial charge in [0.05, 0.1) is 33.3 Å². The maximum absolute atomic E-state index is 5.44. The van der Waals surface area contributed by atoms with E-state index in [4.69, 9.17) is 15.0 Å². The fraction of sp³-hybridized carbons (Fsp3) is 0. The summed E-state index contributed by atoms with van der Waals surface area (Å²) in [7, 11) is 0. The molecule has 0 radical (unpaired) electrons. The normalized spacial score (nSPS) is 11.7. The van der Waals surface area contributed by atoms with Gasteiger partial charge in [0.25, 0.3) is 0 Å². The first-order valence-electron chi connectivity index (χ1n) is 18.2. The Morgan fingerprint density at radius 1 is 0.352 bits per heavy atom. The van der Waals surface area contributed by atoms with Crippen molar-refractivity contribution in [1.29, 1.82) is 0 Å². The van der Waals surface area contributed by atoms with E-state index in [1.165, 1.54) is 32.6 Å². The number of para-hydroxylation sites is 4. The maximum Gasteiger partial charge on any atom is 0.179 e. The van der Waals surface area contributed by atoms with Crippen LogP contribution < -0.4 is 0 Å². The van der Waals surface area contributed by atoms with E-state index in [1.54, 1.807) is 0 Å². The van der Waals surface area contributed by atoms with Gasteiger partial charge in [-0.1, -0.05) is 133 Å². The standard InChI is InChI=1S/C49H31N5/c1-4-16-32(17-5-1)34-30-40(49-51-39-25-13-10-22-36(39)48(52-49)33-18-6-2-7-19-33)50-45(31-34)54-42-27-15-12-24-38(42)47-44(54)29-28-43-46(47)37-23-11-14-26-41(37)53(43)35-20-8-3-9-21-35/h1-31H. The van der Waals surface area contributed by atoms with Gasteiger partial charge in [0.1, 0.15) is 11.5 Å². The van der Waals surface area contributed by atoms with Crippen molar-refractivity contribution in [3.63, 3.8) is 0 Å². The summed E-state index contributed by atoms with van der Waals surface area (Å²) in [5.41, 5.74) is 11.3. The Kier molecular flexibility index (Phi) is 6.79. The Hall–Kier alpha value is -7.37. The molecule has 252 valence electrons. The summed E-state index contributed by atoms with van der Waals surface area (Å²) >= 11 is 0. The van der Waals surface area contributed by atoms with Crippen molar-refractivity contribution in [2.45, 2.75) is 0 Å². The fourth-order valence-electron chi connectivity index (χ4n) is 8.17. The summed E-state index contributed by atoms with van der Waals surface area (Å²) in [6.45, 7) is 0. The maximum atomic E-state index is 5.44. The monoisotopic (exact) mass is 689 g/mol. The third kappa shape index (κ3) is 4.69. The third-order valence-electron chi connectivity index (χ3n) is 10.5. The zero-order valence-electron chi connectivity index (χ0n) is 29.1. The molecule has 0 amide bonds. The second kappa shape index (κ2) is 12.1. The van der Waals surface area contributed by atoms with Gasteiger partial charge in [-0.2, -0.15) is 0 Å². The van der Waals surface area contributed by atoms with Crippen molar-refractivity contribution in [3.05, 3.63) is 188 Å². The number of aromatic nitrogens is 5. The van der Waals surface area contributed by atoms with Crippen LogP contribution >= 0.6 is 0 Å². The quantitative estimate of drug-likeness (QED) is 0.181. The Balaban J connectivity index is 1.23. The largest absolute Gasteiger partial charge is 0.309 e. The predicted octanol–water partition coefficient (Wildman–Crippen LogP) is 12.2. The molecule has 0 saturated carbocycles. The van der Waals surface area contributed by atoms with Crippen LogP contribution in [-0.4, -0.2) is 24.1 Å². The molecule has 0 bridgehead atoms. The van der Waals surface area contributed by atoms with Gasteiger partial charge in [0.15, 0.2) is 5.82 Å². The summed E-state index contributed by atoms with van der Waals surface area (Å²) < 4.78 is 4.69. The van der Waals surface area contributed by atoms with E-state index >= 15 is 0 Å². The number of fused-ring (bicyclic) bond motifs is 8. The first kappa shape index (κ1) is 30.3. The number of pyridine rings is 1. The first-order chi connectivity index (χ1) is 26.8. The highest BCUT2D eigenvalue weighted by Gasteiger charge is 2.22. The summed E-state index contributed by atoms with van der Waals surface area (Å²) in [6, 6.07) is 65.9. The SMILES string of the molecule is c1ccc(-c2cc(-c3nc(-c4ccccc4)c4ccccc4n3)nc(-n3c4ccccc4c4c5c6ccccc6n(-c6ccccc6)c5ccc43)c2)cc1. The molecule has 7 aromatic carbocycles. The lowest BCUT2D eigenvalue weighted by molar-refractivity contribution is 1.07. The minimum absolute atomic E-state index is 0.584. The fourth-order valence-corrected chi connectivity index (χ4v) is 8.17. The van der Waals surface area contributed by atoms with Crippen molar-refractivity contribution in [2.24, 2.45) is 0 Å². The lowest BCUT2D eigenvalue weighted by Crippen LogP contribution is -2.02. The molecule has 5 heteroatoms. The Morgan fingerprint density at radius 2 is 0.889 bits per heavy atom. The van der Waals surface area contributed by atoms with Gasteiger partial charge in [-0.3, -0.25) is 4.57 Å². The van der Waals surface area contributed by atoms with Crippen molar-refractivity contribution in [2.75, 3.05) is 0 Å². The second-order valence-electron chi connectivity index (χ2n) is 13.6. The highest BCUT2D eigenvalue weighted by molar-refractivity contribution is 6.28. The van der Waals surface area contributed by atoms with Crippen LogP contribution in [0, 0.1) is 0 Å². The molecule has 0 aliphatic rings. The molecule has 4 heterocycles. The lowest BCUT2D eigenvalue weighted by Gasteiger charge is -2.14. The Bertz CT molecular complexity index is 3200. The summed E-state index contributed by atoms with van der Waals surface area (Å²) in [4.78, 5) is 15.8. The van der Waals surface area contributed by atoms with Crippen LogP contribution in [0.15, 0.2) is 188 Å². The molecule has 11 aromatic rings. The first-order valence-corrected chi connectivity index (χ1v) is 18.2. The number of hydrogen-bond acceptors (Lipinski definition) is 3. The van der Waals surface area contributed by atoms with Crippen molar-refractivity contribution < 1.29 is 0 Å². The average Bonchev–Trinajstić information content (AvgIpc) is 3.77.